The summed E-state index contributed by atoms with van der Waals surface area (Å²) in [7, 11) is 0. The first-order valence-electron chi connectivity index (χ1n) is 12.1. The van der Waals surface area contributed by atoms with Crippen molar-refractivity contribution in [2.24, 2.45) is 34.5 Å². The molecule has 0 aromatic heterocycles. The van der Waals surface area contributed by atoms with Crippen molar-refractivity contribution in [3.63, 3.8) is 0 Å². The average Bonchev–Trinajstić information content (AvgIpc) is 3.33. The lowest BCUT2D eigenvalue weighted by molar-refractivity contribution is -0.160. The van der Waals surface area contributed by atoms with Crippen molar-refractivity contribution < 1.29 is 14.6 Å². The average molecular weight is 399 g/mol. The van der Waals surface area contributed by atoms with Crippen molar-refractivity contribution in [3.05, 3.63) is 23.5 Å². The molecule has 5 aliphatic rings. The van der Waals surface area contributed by atoms with Crippen LogP contribution < -0.4 is 0 Å². The zero-order chi connectivity index (χ0) is 20.3. The second-order valence-corrected chi connectivity index (χ2v) is 11.1. The van der Waals surface area contributed by atoms with Gasteiger partial charge in [0, 0.05) is 17.3 Å². The molecule has 0 aromatic carbocycles. The fourth-order valence-corrected chi connectivity index (χ4v) is 8.35. The minimum atomic E-state index is -0.733. The third-order valence-corrected chi connectivity index (χ3v) is 10.0. The summed E-state index contributed by atoms with van der Waals surface area (Å²) in [6.07, 6.45) is 17.7. The van der Waals surface area contributed by atoms with Crippen LogP contribution in [0.4, 0.5) is 0 Å². The summed E-state index contributed by atoms with van der Waals surface area (Å²) in [6.45, 7) is 5.19. The van der Waals surface area contributed by atoms with Gasteiger partial charge in [0.15, 0.2) is 0 Å². The van der Waals surface area contributed by atoms with Gasteiger partial charge in [-0.1, -0.05) is 25.5 Å². The number of ether oxygens (including phenoxy) is 1. The van der Waals surface area contributed by atoms with E-state index in [9.17, 15) is 9.90 Å². The van der Waals surface area contributed by atoms with Gasteiger partial charge in [-0.2, -0.15) is 0 Å². The summed E-state index contributed by atoms with van der Waals surface area (Å²) in [5.41, 5.74) is 0.411. The molecule has 5 aliphatic carbocycles. The van der Waals surface area contributed by atoms with E-state index in [1.54, 1.807) is 0 Å². The molecule has 160 valence electrons. The Balaban J connectivity index is 1.43. The zero-order valence-corrected chi connectivity index (χ0v) is 18.3. The molecule has 0 bridgehead atoms. The summed E-state index contributed by atoms with van der Waals surface area (Å²) < 4.78 is 6.14. The van der Waals surface area contributed by atoms with Crippen LogP contribution in [0.1, 0.15) is 84.5 Å². The topological polar surface area (TPSA) is 46.5 Å². The van der Waals surface area contributed by atoms with Gasteiger partial charge in [0.1, 0.15) is 18.5 Å². The largest absolute Gasteiger partial charge is 0.495 e. The zero-order valence-electron chi connectivity index (χ0n) is 18.3. The Morgan fingerprint density at radius 2 is 1.93 bits per heavy atom. The maximum atomic E-state index is 12.5. The van der Waals surface area contributed by atoms with Crippen LogP contribution in [0.25, 0.3) is 0 Å². The number of hydrogen-bond acceptors (Lipinski definition) is 3. The van der Waals surface area contributed by atoms with Gasteiger partial charge >= 0.3 is 0 Å². The van der Waals surface area contributed by atoms with Crippen LogP contribution in [-0.4, -0.2) is 23.6 Å². The van der Waals surface area contributed by atoms with Gasteiger partial charge < -0.3 is 14.6 Å². The third-order valence-electron chi connectivity index (χ3n) is 10.0. The molecule has 3 saturated carbocycles. The van der Waals surface area contributed by atoms with Gasteiger partial charge in [-0.3, -0.25) is 0 Å². The Kier molecular flexibility index (Phi) is 4.77. The van der Waals surface area contributed by atoms with Gasteiger partial charge in [0.2, 0.25) is 0 Å². The predicted octanol–water partition coefficient (Wildman–Crippen LogP) is 5.58. The van der Waals surface area contributed by atoms with E-state index >= 15 is 0 Å². The molecule has 0 saturated heterocycles. The highest BCUT2D eigenvalue weighted by molar-refractivity contribution is 5.67. The summed E-state index contributed by atoms with van der Waals surface area (Å²) in [6, 6.07) is 0. The van der Waals surface area contributed by atoms with Crippen LogP contribution in [0.2, 0.25) is 0 Å². The number of hydrogen-bond donors (Lipinski definition) is 1. The Bertz CT molecular complexity index is 738. The summed E-state index contributed by atoms with van der Waals surface area (Å²) in [5.74, 6) is 3.20. The van der Waals surface area contributed by atoms with Gasteiger partial charge in [-0.05, 0) is 94.0 Å². The smallest absolute Gasteiger partial charge is 0.130 e. The second-order valence-electron chi connectivity index (χ2n) is 11.1. The number of allylic oxidation sites excluding steroid dienone is 4. The summed E-state index contributed by atoms with van der Waals surface area (Å²) in [5, 5.41) is 11.8. The number of fused-ring (bicyclic) bond motifs is 5. The van der Waals surface area contributed by atoms with Crippen LogP contribution in [-0.2, 0) is 9.53 Å². The van der Waals surface area contributed by atoms with E-state index in [4.69, 9.17) is 4.74 Å². The Morgan fingerprint density at radius 3 is 2.69 bits per heavy atom. The van der Waals surface area contributed by atoms with Gasteiger partial charge in [0.25, 0.3) is 0 Å². The standard InChI is InChI=1S/C26H38O3/c1-18-15-19-7-5-6-12-25(19,16-27)22-10-13-24(2)21(23(18)22)11-14-26(24,28)17-29-20-8-3-4-9-20/h7-8,16,18,21-23,28H,3-6,9-15,17H2,1-2H3/t18-,21+,22+,23+,24+,25-,26-/m1/s1. The molecule has 3 nitrogen and oxygen atoms in total. The summed E-state index contributed by atoms with van der Waals surface area (Å²) >= 11 is 0. The van der Waals surface area contributed by atoms with E-state index in [2.05, 4.69) is 26.0 Å². The first-order chi connectivity index (χ1) is 13.9. The van der Waals surface area contributed by atoms with E-state index in [1.807, 2.05) is 0 Å². The number of carbonyl (C=O) groups excluding carboxylic acids is 1. The van der Waals surface area contributed by atoms with Gasteiger partial charge in [-0.15, -0.1) is 0 Å². The van der Waals surface area contributed by atoms with Crippen LogP contribution in [0.5, 0.6) is 0 Å². The van der Waals surface area contributed by atoms with Crippen molar-refractivity contribution >= 4 is 6.29 Å². The SMILES string of the molecule is C[C@@H]1CC2=CCCC[C@]2(C=O)[C@H]2CC[C@@]3(C)[C@@H](CC[C@@]3(O)COC3=CCCC3)[C@H]12. The minimum Gasteiger partial charge on any atom is -0.495 e. The maximum Gasteiger partial charge on any atom is 0.130 e. The molecule has 0 aliphatic heterocycles. The molecule has 0 aromatic rings. The van der Waals surface area contributed by atoms with Crippen molar-refractivity contribution in [3.8, 4) is 0 Å². The highest BCUT2D eigenvalue weighted by Gasteiger charge is 2.66. The molecule has 3 fully saturated rings. The normalized spacial score (nSPS) is 48.8. The Morgan fingerprint density at radius 1 is 1.14 bits per heavy atom. The molecule has 7 atom stereocenters. The number of carbonyl (C=O) groups is 1. The molecule has 0 heterocycles. The lowest BCUT2D eigenvalue weighted by Crippen LogP contribution is -2.58. The van der Waals surface area contributed by atoms with E-state index < -0.39 is 5.60 Å². The molecular weight excluding hydrogens is 360 g/mol. The number of aliphatic hydroxyl groups is 1. The third kappa shape index (κ3) is 2.75. The van der Waals surface area contributed by atoms with Gasteiger partial charge in [-0.25, -0.2) is 0 Å². The second kappa shape index (κ2) is 6.97. The van der Waals surface area contributed by atoms with Crippen molar-refractivity contribution in [1.29, 1.82) is 0 Å². The number of aldehydes is 1. The van der Waals surface area contributed by atoms with Crippen molar-refractivity contribution in [1.82, 2.24) is 0 Å². The molecule has 0 spiro atoms. The Hall–Kier alpha value is -1.09. The molecule has 5 rings (SSSR count). The van der Waals surface area contributed by atoms with Crippen LogP contribution in [0.15, 0.2) is 23.5 Å². The van der Waals surface area contributed by atoms with E-state index in [1.165, 1.54) is 18.3 Å². The minimum absolute atomic E-state index is 0.0957. The fraction of sp³-hybridized carbons (Fsp3) is 0.808. The van der Waals surface area contributed by atoms with Crippen molar-refractivity contribution in [2.45, 2.75) is 90.1 Å². The molecule has 3 heteroatoms. The monoisotopic (exact) mass is 398 g/mol. The maximum absolute atomic E-state index is 12.5. The quantitative estimate of drug-likeness (QED) is 0.497. The first-order valence-corrected chi connectivity index (χ1v) is 12.1. The molecular formula is C26H38O3. The fourth-order valence-electron chi connectivity index (χ4n) is 8.35. The van der Waals surface area contributed by atoms with Crippen molar-refractivity contribution in [2.75, 3.05) is 6.61 Å². The van der Waals surface area contributed by atoms with E-state index in [0.29, 0.717) is 30.3 Å². The highest BCUT2D eigenvalue weighted by atomic mass is 16.5. The lowest BCUT2D eigenvalue weighted by Gasteiger charge is -2.60. The highest BCUT2D eigenvalue weighted by Crippen LogP contribution is 2.68. The Labute approximate surface area is 176 Å². The first kappa shape index (κ1) is 19.8. The van der Waals surface area contributed by atoms with Crippen LogP contribution in [0, 0.1) is 34.5 Å². The molecule has 1 N–H and O–H groups in total. The summed E-state index contributed by atoms with van der Waals surface area (Å²) in [4.78, 5) is 12.5. The lowest BCUT2D eigenvalue weighted by atomic mass is 9.44. The van der Waals surface area contributed by atoms with Gasteiger partial charge in [0.05, 0.1) is 5.76 Å². The molecule has 0 unspecified atom stereocenters. The van der Waals surface area contributed by atoms with E-state index in [0.717, 1.165) is 70.0 Å². The molecule has 0 radical (unpaired) electrons. The van der Waals surface area contributed by atoms with E-state index in [-0.39, 0.29) is 10.8 Å². The predicted molar refractivity (Wildman–Crippen MR) is 114 cm³/mol. The molecule has 0 amide bonds. The van der Waals surface area contributed by atoms with Crippen LogP contribution >= 0.6 is 0 Å². The molecule has 29 heavy (non-hydrogen) atoms. The number of rotatable bonds is 4. The van der Waals surface area contributed by atoms with Crippen LogP contribution in [0.3, 0.4) is 0 Å².